The predicted octanol–water partition coefficient (Wildman–Crippen LogP) is 4.49. The van der Waals surface area contributed by atoms with Crippen LogP contribution in [-0.2, 0) is 4.74 Å². The molecule has 146 valence electrons. The number of piperidine rings is 1. The first kappa shape index (κ1) is 20.0. The molecular formula is C22H28ClNO3. The fraction of sp³-hybridized carbons (Fsp3) is 0.455. The highest BCUT2D eigenvalue weighted by Crippen LogP contribution is 2.49. The fourth-order valence-corrected chi connectivity index (χ4v) is 4.56. The van der Waals surface area contributed by atoms with E-state index in [0.29, 0.717) is 5.92 Å². The molecule has 5 heteroatoms. The van der Waals surface area contributed by atoms with Crippen LogP contribution in [0.25, 0.3) is 0 Å². The van der Waals surface area contributed by atoms with E-state index in [2.05, 4.69) is 41.7 Å². The molecule has 3 atom stereocenters. The highest BCUT2D eigenvalue weighted by atomic mass is 35.5. The van der Waals surface area contributed by atoms with Gasteiger partial charge in [0, 0.05) is 12.0 Å². The minimum atomic E-state index is -0.144. The Labute approximate surface area is 167 Å². The number of nitrogens with one attached hydrogen (secondary N) is 1. The zero-order chi connectivity index (χ0) is 18.0. The normalized spacial score (nSPS) is 27.2. The molecule has 1 N–H and O–H groups in total. The van der Waals surface area contributed by atoms with Gasteiger partial charge in [-0.3, -0.25) is 0 Å². The first-order valence-electron chi connectivity index (χ1n) is 9.40. The predicted molar refractivity (Wildman–Crippen MR) is 109 cm³/mol. The van der Waals surface area contributed by atoms with E-state index in [1.807, 2.05) is 12.1 Å². The summed E-state index contributed by atoms with van der Waals surface area (Å²) in [5.41, 5.74) is 2.38. The summed E-state index contributed by atoms with van der Waals surface area (Å²) in [7, 11) is 3.40. The van der Waals surface area contributed by atoms with Gasteiger partial charge in [-0.25, -0.2) is 0 Å². The standard InChI is InChI=1S/C22H27NO3.ClH/c1-24-18-9-10-19(20(13-18)25-2)17-14-22(26-15-17)11-6-12-23-21(22)16-7-4-3-5-8-16;/h3-5,7-10,13,17,21,23H,6,11-12,14-15H2,1-2H3;1H/t17-,21-,22+;/m0./s1. The van der Waals surface area contributed by atoms with Crippen molar-refractivity contribution in [1.29, 1.82) is 0 Å². The van der Waals surface area contributed by atoms with Crippen LogP contribution in [0.2, 0.25) is 0 Å². The summed E-state index contributed by atoms with van der Waals surface area (Å²) in [5, 5.41) is 3.71. The summed E-state index contributed by atoms with van der Waals surface area (Å²) < 4.78 is 17.5. The minimum Gasteiger partial charge on any atom is -0.497 e. The Morgan fingerprint density at radius 2 is 1.89 bits per heavy atom. The Kier molecular flexibility index (Phi) is 6.30. The van der Waals surface area contributed by atoms with Gasteiger partial charge in [0.2, 0.25) is 0 Å². The van der Waals surface area contributed by atoms with Gasteiger partial charge >= 0.3 is 0 Å². The van der Waals surface area contributed by atoms with Crippen LogP contribution in [-0.4, -0.2) is 33.0 Å². The molecule has 0 aromatic heterocycles. The van der Waals surface area contributed by atoms with Gasteiger partial charge in [-0.2, -0.15) is 0 Å². The fourth-order valence-electron chi connectivity index (χ4n) is 4.56. The third-order valence-electron chi connectivity index (χ3n) is 5.83. The van der Waals surface area contributed by atoms with Crippen LogP contribution < -0.4 is 14.8 Å². The van der Waals surface area contributed by atoms with E-state index in [-0.39, 0.29) is 24.0 Å². The Morgan fingerprint density at radius 3 is 2.63 bits per heavy atom. The molecule has 2 saturated heterocycles. The van der Waals surface area contributed by atoms with E-state index in [1.165, 1.54) is 11.1 Å². The lowest BCUT2D eigenvalue weighted by Gasteiger charge is -2.41. The summed E-state index contributed by atoms with van der Waals surface area (Å²) in [6.07, 6.45) is 3.24. The molecule has 0 amide bonds. The Morgan fingerprint density at radius 1 is 1.07 bits per heavy atom. The van der Waals surface area contributed by atoms with Gasteiger partial charge in [-0.15, -0.1) is 12.4 Å². The van der Waals surface area contributed by atoms with Crippen LogP contribution >= 0.6 is 12.4 Å². The number of ether oxygens (including phenoxy) is 3. The van der Waals surface area contributed by atoms with Crippen LogP contribution in [0.4, 0.5) is 0 Å². The van der Waals surface area contributed by atoms with Crippen LogP contribution in [0, 0.1) is 0 Å². The molecule has 0 aliphatic carbocycles. The van der Waals surface area contributed by atoms with E-state index >= 15 is 0 Å². The van der Waals surface area contributed by atoms with E-state index in [1.54, 1.807) is 14.2 Å². The van der Waals surface area contributed by atoms with E-state index < -0.39 is 0 Å². The van der Waals surface area contributed by atoms with Gasteiger partial charge in [0.1, 0.15) is 11.5 Å². The molecule has 0 radical (unpaired) electrons. The van der Waals surface area contributed by atoms with Gasteiger partial charge in [-0.05, 0) is 43.0 Å². The monoisotopic (exact) mass is 389 g/mol. The molecular weight excluding hydrogens is 362 g/mol. The van der Waals surface area contributed by atoms with Crippen molar-refractivity contribution in [3.05, 3.63) is 59.7 Å². The second-order valence-electron chi connectivity index (χ2n) is 7.29. The maximum atomic E-state index is 6.52. The molecule has 2 aromatic carbocycles. The van der Waals surface area contributed by atoms with E-state index in [4.69, 9.17) is 14.2 Å². The SMILES string of the molecule is COc1ccc([C@@H]2CO[C@]3(CCCN[C@H]3c3ccccc3)C2)c(OC)c1.Cl. The average Bonchev–Trinajstić information content (AvgIpc) is 3.12. The third-order valence-corrected chi connectivity index (χ3v) is 5.83. The zero-order valence-corrected chi connectivity index (χ0v) is 16.8. The summed E-state index contributed by atoms with van der Waals surface area (Å²) >= 11 is 0. The smallest absolute Gasteiger partial charge is 0.126 e. The maximum absolute atomic E-state index is 6.52. The molecule has 2 aliphatic rings. The molecule has 1 spiro atoms. The van der Waals surface area contributed by atoms with Crippen molar-refractivity contribution in [3.63, 3.8) is 0 Å². The molecule has 4 rings (SSSR count). The van der Waals surface area contributed by atoms with Crippen LogP contribution in [0.1, 0.15) is 42.3 Å². The van der Waals surface area contributed by atoms with Crippen LogP contribution in [0.5, 0.6) is 11.5 Å². The highest BCUT2D eigenvalue weighted by molar-refractivity contribution is 5.85. The number of hydrogen-bond donors (Lipinski definition) is 1. The Hall–Kier alpha value is -1.75. The molecule has 0 bridgehead atoms. The first-order valence-corrected chi connectivity index (χ1v) is 9.40. The molecule has 4 nitrogen and oxygen atoms in total. The quantitative estimate of drug-likeness (QED) is 0.836. The van der Waals surface area contributed by atoms with Gasteiger partial charge < -0.3 is 19.5 Å². The van der Waals surface area contributed by atoms with Gasteiger partial charge in [0.05, 0.1) is 32.5 Å². The topological polar surface area (TPSA) is 39.7 Å². The Balaban J connectivity index is 0.00000210. The van der Waals surface area contributed by atoms with Gasteiger partial charge in [-0.1, -0.05) is 36.4 Å². The lowest BCUT2D eigenvalue weighted by atomic mass is 9.77. The Bertz CT molecular complexity index is 754. The number of benzene rings is 2. The van der Waals surface area contributed by atoms with Crippen molar-refractivity contribution < 1.29 is 14.2 Å². The van der Waals surface area contributed by atoms with Crippen molar-refractivity contribution in [2.45, 2.75) is 36.8 Å². The van der Waals surface area contributed by atoms with Crippen molar-refractivity contribution >= 4 is 12.4 Å². The minimum absolute atomic E-state index is 0. The molecule has 2 heterocycles. The van der Waals surface area contributed by atoms with E-state index in [9.17, 15) is 0 Å². The third kappa shape index (κ3) is 3.79. The van der Waals surface area contributed by atoms with Crippen molar-refractivity contribution in [2.24, 2.45) is 0 Å². The summed E-state index contributed by atoms with van der Waals surface area (Å²) in [5.74, 6) is 2.04. The number of rotatable bonds is 4. The first-order chi connectivity index (χ1) is 12.8. The van der Waals surface area contributed by atoms with Crippen molar-refractivity contribution in [2.75, 3.05) is 27.4 Å². The molecule has 2 aromatic rings. The van der Waals surface area contributed by atoms with Gasteiger partial charge in [0.25, 0.3) is 0 Å². The number of methoxy groups -OCH3 is 2. The molecule has 27 heavy (non-hydrogen) atoms. The summed E-state index contributed by atoms with van der Waals surface area (Å²) in [4.78, 5) is 0. The zero-order valence-electron chi connectivity index (χ0n) is 15.9. The molecule has 0 unspecified atom stereocenters. The molecule has 0 saturated carbocycles. The highest BCUT2D eigenvalue weighted by Gasteiger charge is 2.49. The number of hydrogen-bond acceptors (Lipinski definition) is 4. The van der Waals surface area contributed by atoms with Crippen molar-refractivity contribution in [1.82, 2.24) is 5.32 Å². The molecule has 2 fully saturated rings. The second-order valence-corrected chi connectivity index (χ2v) is 7.29. The van der Waals surface area contributed by atoms with Gasteiger partial charge in [0.15, 0.2) is 0 Å². The maximum Gasteiger partial charge on any atom is 0.126 e. The van der Waals surface area contributed by atoms with Crippen LogP contribution in [0.3, 0.4) is 0 Å². The lowest BCUT2D eigenvalue weighted by molar-refractivity contribution is -0.0484. The largest absolute Gasteiger partial charge is 0.497 e. The second kappa shape index (κ2) is 8.51. The number of halogens is 1. The average molecular weight is 390 g/mol. The summed E-state index contributed by atoms with van der Waals surface area (Å²) in [6.45, 7) is 1.77. The summed E-state index contributed by atoms with van der Waals surface area (Å²) in [6, 6.07) is 17.0. The van der Waals surface area contributed by atoms with Crippen molar-refractivity contribution in [3.8, 4) is 11.5 Å². The van der Waals surface area contributed by atoms with Crippen LogP contribution in [0.15, 0.2) is 48.5 Å². The lowest BCUT2D eigenvalue weighted by Crippen LogP contribution is -2.48. The van der Waals surface area contributed by atoms with E-state index in [0.717, 1.165) is 43.9 Å². The molecule has 2 aliphatic heterocycles.